The number of nitriles is 1. The minimum atomic E-state index is -0.510. The van der Waals surface area contributed by atoms with Crippen LogP contribution in [0, 0.1) is 11.3 Å². The number of phenolic OH excluding ortho intramolecular Hbond substituents is 1. The van der Waals surface area contributed by atoms with Crippen molar-refractivity contribution in [2.45, 2.75) is 19.3 Å². The number of phenols is 1. The van der Waals surface area contributed by atoms with E-state index < -0.39 is 11.9 Å². The Balaban J connectivity index is 2.39. The van der Waals surface area contributed by atoms with Gasteiger partial charge in [0.05, 0.1) is 40.6 Å². The Labute approximate surface area is 163 Å². The largest absolute Gasteiger partial charge is 0.503 e. The molecule has 26 heavy (non-hydrogen) atoms. The summed E-state index contributed by atoms with van der Waals surface area (Å²) in [6.07, 6.45) is 0.0761. The van der Waals surface area contributed by atoms with E-state index in [0.29, 0.717) is 20.6 Å². The summed E-state index contributed by atoms with van der Waals surface area (Å²) in [6, 6.07) is 5.36. The van der Waals surface area contributed by atoms with Crippen molar-refractivity contribution in [2.75, 3.05) is 19.5 Å². The van der Waals surface area contributed by atoms with E-state index in [1.54, 1.807) is 19.1 Å². The van der Waals surface area contributed by atoms with E-state index in [2.05, 4.69) is 27.3 Å². The first-order valence-corrected chi connectivity index (χ1v) is 9.48. The Morgan fingerprint density at radius 1 is 1.54 bits per heavy atom. The lowest BCUT2D eigenvalue weighted by Crippen LogP contribution is -2.31. The highest BCUT2D eigenvalue weighted by Gasteiger charge is 2.31. The summed E-state index contributed by atoms with van der Waals surface area (Å²) < 4.78 is 10.4. The van der Waals surface area contributed by atoms with E-state index in [1.807, 2.05) is 0 Å². The summed E-state index contributed by atoms with van der Waals surface area (Å²) in [5.74, 6) is -1.03. The number of rotatable bonds is 6. The smallest absolute Gasteiger partial charge is 0.316 e. The predicted octanol–water partition coefficient (Wildman–Crippen LogP) is 2.80. The van der Waals surface area contributed by atoms with Crippen LogP contribution in [0.4, 0.5) is 0 Å². The van der Waals surface area contributed by atoms with Gasteiger partial charge in [0.25, 0.3) is 0 Å². The van der Waals surface area contributed by atoms with Crippen LogP contribution in [0.25, 0.3) is 0 Å². The van der Waals surface area contributed by atoms with E-state index in [-0.39, 0.29) is 36.2 Å². The first-order valence-electron chi connectivity index (χ1n) is 7.70. The molecule has 0 fully saturated rings. The first-order chi connectivity index (χ1) is 12.4. The van der Waals surface area contributed by atoms with Crippen LogP contribution in [0.15, 0.2) is 27.2 Å². The number of methoxy groups -OCH3 is 1. The molecule has 0 radical (unpaired) electrons. The highest BCUT2D eigenvalue weighted by molar-refractivity contribution is 9.10. The van der Waals surface area contributed by atoms with E-state index in [4.69, 9.17) is 9.47 Å². The van der Waals surface area contributed by atoms with E-state index in [0.717, 1.165) is 11.8 Å². The topological polar surface area (TPSA) is 109 Å². The quantitative estimate of drug-likeness (QED) is 0.654. The van der Waals surface area contributed by atoms with Crippen LogP contribution in [-0.4, -0.2) is 36.5 Å². The number of hydrogen-bond donors (Lipinski definition) is 2. The van der Waals surface area contributed by atoms with Crippen molar-refractivity contribution in [1.29, 1.82) is 5.26 Å². The van der Waals surface area contributed by atoms with Gasteiger partial charge in [-0.3, -0.25) is 9.59 Å². The maximum Gasteiger partial charge on any atom is 0.316 e. The number of nitrogens with zero attached hydrogens (tertiary/aromatic N) is 1. The van der Waals surface area contributed by atoms with E-state index >= 15 is 0 Å². The molecule has 1 heterocycles. The van der Waals surface area contributed by atoms with Crippen molar-refractivity contribution in [3.63, 3.8) is 0 Å². The number of benzene rings is 1. The van der Waals surface area contributed by atoms with Crippen molar-refractivity contribution in [2.24, 2.45) is 0 Å². The lowest BCUT2D eigenvalue weighted by molar-refractivity contribution is -0.139. The predicted molar refractivity (Wildman–Crippen MR) is 99.6 cm³/mol. The number of allylic oxidation sites excluding steroid dienone is 1. The number of thioether (sulfide) groups is 1. The van der Waals surface area contributed by atoms with Crippen LogP contribution < -0.4 is 10.1 Å². The van der Waals surface area contributed by atoms with Gasteiger partial charge < -0.3 is 19.9 Å². The Morgan fingerprint density at radius 2 is 2.27 bits per heavy atom. The van der Waals surface area contributed by atoms with Crippen LogP contribution in [0.3, 0.4) is 0 Å². The number of ether oxygens (including phenoxy) is 2. The molecule has 1 aromatic carbocycles. The molecule has 138 valence electrons. The summed E-state index contributed by atoms with van der Waals surface area (Å²) in [6.45, 7) is 1.97. The molecule has 2 N–H and O–H groups in total. The lowest BCUT2D eigenvalue weighted by Gasteiger charge is -2.25. The van der Waals surface area contributed by atoms with Gasteiger partial charge in [0.1, 0.15) is 0 Å². The molecule has 0 saturated carbocycles. The highest BCUT2D eigenvalue weighted by atomic mass is 79.9. The minimum absolute atomic E-state index is 0.00997. The van der Waals surface area contributed by atoms with Gasteiger partial charge in [0, 0.05) is 12.3 Å². The molecular formula is C17H17BrN2O5S. The molecule has 1 aliphatic heterocycles. The average Bonchev–Trinajstić information content (AvgIpc) is 2.61. The molecule has 0 bridgehead atoms. The molecule has 1 aromatic rings. The Bertz CT molecular complexity index is 803. The zero-order chi connectivity index (χ0) is 19.3. The number of esters is 1. The second-order valence-electron chi connectivity index (χ2n) is 5.31. The van der Waals surface area contributed by atoms with Gasteiger partial charge in [-0.15, -0.1) is 0 Å². The first kappa shape index (κ1) is 20.1. The SMILES string of the molecule is CCOC(=O)CSC1=C(C#N)[C@@H](c2cc(Br)c(O)c(OC)c2)CC(=O)N1. The van der Waals surface area contributed by atoms with Crippen LogP contribution in [-0.2, 0) is 14.3 Å². The molecule has 0 unspecified atom stereocenters. The summed E-state index contributed by atoms with van der Waals surface area (Å²) in [7, 11) is 1.42. The van der Waals surface area contributed by atoms with Gasteiger partial charge in [-0.25, -0.2) is 0 Å². The molecule has 0 aromatic heterocycles. The number of hydrogen-bond acceptors (Lipinski definition) is 7. The molecule has 0 aliphatic carbocycles. The summed E-state index contributed by atoms with van der Waals surface area (Å²) in [4.78, 5) is 23.7. The van der Waals surface area contributed by atoms with Crippen LogP contribution in [0.2, 0.25) is 0 Å². The Kier molecular flexibility index (Phi) is 6.94. The van der Waals surface area contributed by atoms with Gasteiger partial charge in [-0.2, -0.15) is 5.26 Å². The van der Waals surface area contributed by atoms with Gasteiger partial charge in [-0.05, 0) is 40.5 Å². The van der Waals surface area contributed by atoms with E-state index in [1.165, 1.54) is 7.11 Å². The molecule has 1 atom stereocenters. The average molecular weight is 441 g/mol. The van der Waals surface area contributed by atoms with Gasteiger partial charge in [0.15, 0.2) is 11.5 Å². The Morgan fingerprint density at radius 3 is 2.88 bits per heavy atom. The molecule has 9 heteroatoms. The van der Waals surface area contributed by atoms with Crippen molar-refractivity contribution >= 4 is 39.6 Å². The van der Waals surface area contributed by atoms with Crippen molar-refractivity contribution in [1.82, 2.24) is 5.32 Å². The second kappa shape index (κ2) is 8.96. The fraction of sp³-hybridized carbons (Fsp3) is 0.353. The zero-order valence-corrected chi connectivity index (χ0v) is 16.6. The van der Waals surface area contributed by atoms with Crippen molar-refractivity contribution < 1.29 is 24.2 Å². The van der Waals surface area contributed by atoms with Crippen LogP contribution in [0.5, 0.6) is 11.5 Å². The lowest BCUT2D eigenvalue weighted by atomic mass is 9.87. The Hall–Kier alpha value is -2.18. The van der Waals surface area contributed by atoms with Crippen molar-refractivity contribution in [3.05, 3.63) is 32.8 Å². The number of carbonyl (C=O) groups excluding carboxylic acids is 2. The molecule has 0 saturated heterocycles. The van der Waals surface area contributed by atoms with Crippen molar-refractivity contribution in [3.8, 4) is 17.6 Å². The second-order valence-corrected chi connectivity index (χ2v) is 7.15. The fourth-order valence-corrected chi connectivity index (χ4v) is 3.84. The van der Waals surface area contributed by atoms with Gasteiger partial charge in [0.2, 0.25) is 5.91 Å². The number of nitrogens with one attached hydrogen (secondary N) is 1. The number of aromatic hydroxyl groups is 1. The normalized spacial score (nSPS) is 16.7. The fourth-order valence-electron chi connectivity index (χ4n) is 2.50. The number of amides is 1. The van der Waals surface area contributed by atoms with Crippen LogP contribution in [0.1, 0.15) is 24.8 Å². The maximum atomic E-state index is 12.1. The maximum absolute atomic E-state index is 12.1. The van der Waals surface area contributed by atoms with Gasteiger partial charge in [-0.1, -0.05) is 11.8 Å². The highest BCUT2D eigenvalue weighted by Crippen LogP contribution is 2.42. The molecule has 1 aliphatic rings. The third-order valence-electron chi connectivity index (χ3n) is 3.67. The minimum Gasteiger partial charge on any atom is -0.503 e. The third kappa shape index (κ3) is 4.51. The third-order valence-corrected chi connectivity index (χ3v) is 5.26. The molecule has 7 nitrogen and oxygen atoms in total. The molecule has 2 rings (SSSR count). The van der Waals surface area contributed by atoms with Gasteiger partial charge >= 0.3 is 5.97 Å². The zero-order valence-electron chi connectivity index (χ0n) is 14.2. The summed E-state index contributed by atoms with van der Waals surface area (Å²) in [5, 5.41) is 22.6. The summed E-state index contributed by atoms with van der Waals surface area (Å²) >= 11 is 4.30. The number of halogens is 1. The molecular weight excluding hydrogens is 424 g/mol. The standard InChI is InChI=1S/C17H17BrN2O5S/c1-3-25-15(22)8-26-17-11(7-19)10(6-14(21)20-17)9-4-12(18)16(23)13(5-9)24-2/h4-5,10,23H,3,6,8H2,1-2H3,(H,20,21)/t10-/m1/s1. The molecule has 1 amide bonds. The summed E-state index contributed by atoms with van der Waals surface area (Å²) in [5.41, 5.74) is 0.991. The number of carbonyl (C=O) groups is 2. The molecule has 0 spiro atoms. The van der Waals surface area contributed by atoms with E-state index in [9.17, 15) is 20.0 Å². The monoisotopic (exact) mass is 440 g/mol. The van der Waals surface area contributed by atoms with Crippen LogP contribution >= 0.6 is 27.7 Å².